The third-order valence-electron chi connectivity index (χ3n) is 3.81. The van der Waals surface area contributed by atoms with Gasteiger partial charge in [-0.2, -0.15) is 0 Å². The number of ether oxygens (including phenoxy) is 2. The van der Waals surface area contributed by atoms with Crippen LogP contribution in [-0.4, -0.2) is 66.2 Å². The Labute approximate surface area is 146 Å². The largest absolute Gasteiger partial charge is 0.482 e. The highest BCUT2D eigenvalue weighted by atomic mass is 16.5. The van der Waals surface area contributed by atoms with E-state index >= 15 is 0 Å². The van der Waals surface area contributed by atoms with Gasteiger partial charge in [-0.15, -0.1) is 0 Å². The molecular formula is C17H21N5O3. The predicted molar refractivity (Wildman–Crippen MR) is 91.4 cm³/mol. The lowest BCUT2D eigenvalue weighted by Crippen LogP contribution is -2.44. The number of nitrogens with zero attached hydrogens (tertiary/aromatic N) is 5. The van der Waals surface area contributed by atoms with Crippen LogP contribution in [0.15, 0.2) is 36.8 Å². The van der Waals surface area contributed by atoms with Gasteiger partial charge in [0.05, 0.1) is 25.0 Å². The number of pyridine rings is 1. The first-order chi connectivity index (χ1) is 12.1. The van der Waals surface area contributed by atoms with Crippen molar-refractivity contribution in [3.05, 3.63) is 42.5 Å². The lowest BCUT2D eigenvalue weighted by molar-refractivity contribution is -0.141. The molecule has 8 heteroatoms. The SMILES string of the molecule is CN(C)c1nccc([C@H]2CN(C(=O)COc3cccnc3)CCO2)n1. The van der Waals surface area contributed by atoms with Crippen LogP contribution in [0.1, 0.15) is 11.8 Å². The summed E-state index contributed by atoms with van der Waals surface area (Å²) in [4.78, 5) is 28.6. The Morgan fingerprint density at radius 2 is 2.28 bits per heavy atom. The Morgan fingerprint density at radius 3 is 3.04 bits per heavy atom. The third kappa shape index (κ3) is 4.42. The Morgan fingerprint density at radius 1 is 1.40 bits per heavy atom. The molecule has 0 aromatic carbocycles. The molecule has 0 aliphatic carbocycles. The zero-order valence-electron chi connectivity index (χ0n) is 14.3. The van der Waals surface area contributed by atoms with E-state index in [1.165, 1.54) is 0 Å². The Hall–Kier alpha value is -2.74. The van der Waals surface area contributed by atoms with Crippen LogP contribution in [-0.2, 0) is 9.53 Å². The minimum absolute atomic E-state index is 0.0227. The number of hydrogen-bond donors (Lipinski definition) is 0. The molecule has 1 amide bonds. The van der Waals surface area contributed by atoms with Gasteiger partial charge in [0.25, 0.3) is 5.91 Å². The zero-order valence-corrected chi connectivity index (χ0v) is 14.3. The number of aromatic nitrogens is 3. The predicted octanol–water partition coefficient (Wildman–Crippen LogP) is 0.916. The molecule has 3 heterocycles. The van der Waals surface area contributed by atoms with E-state index in [0.717, 1.165) is 5.69 Å². The summed E-state index contributed by atoms with van der Waals surface area (Å²) in [5, 5.41) is 0. The zero-order chi connectivity index (χ0) is 17.6. The Bertz CT molecular complexity index is 710. The van der Waals surface area contributed by atoms with Crippen LogP contribution >= 0.6 is 0 Å². The van der Waals surface area contributed by atoms with E-state index in [-0.39, 0.29) is 18.6 Å². The van der Waals surface area contributed by atoms with E-state index < -0.39 is 0 Å². The number of carbonyl (C=O) groups is 1. The maximum atomic E-state index is 12.4. The molecule has 0 saturated carbocycles. The monoisotopic (exact) mass is 343 g/mol. The van der Waals surface area contributed by atoms with E-state index in [2.05, 4.69) is 15.0 Å². The number of hydrogen-bond acceptors (Lipinski definition) is 7. The maximum Gasteiger partial charge on any atom is 0.260 e. The molecule has 2 aromatic heterocycles. The van der Waals surface area contributed by atoms with Gasteiger partial charge in [-0.05, 0) is 18.2 Å². The van der Waals surface area contributed by atoms with Gasteiger partial charge in [0.1, 0.15) is 11.9 Å². The Kier molecular flexibility index (Phi) is 5.39. The molecule has 1 fully saturated rings. The fourth-order valence-corrected chi connectivity index (χ4v) is 2.48. The minimum atomic E-state index is -0.266. The first-order valence-electron chi connectivity index (χ1n) is 8.06. The summed E-state index contributed by atoms with van der Waals surface area (Å²) < 4.78 is 11.3. The lowest BCUT2D eigenvalue weighted by Gasteiger charge is -2.32. The normalized spacial score (nSPS) is 17.2. The van der Waals surface area contributed by atoms with E-state index in [4.69, 9.17) is 9.47 Å². The standard InChI is InChI=1S/C17H21N5O3/c1-21(2)17-19-7-5-14(20-17)15-11-22(8-9-24-15)16(23)12-25-13-4-3-6-18-10-13/h3-7,10,15H,8-9,11-12H2,1-2H3/t15-/m1/s1. The minimum Gasteiger partial charge on any atom is -0.482 e. The van der Waals surface area contributed by atoms with Gasteiger partial charge in [-0.25, -0.2) is 9.97 Å². The molecule has 0 bridgehead atoms. The molecule has 8 nitrogen and oxygen atoms in total. The quantitative estimate of drug-likeness (QED) is 0.798. The molecule has 0 unspecified atom stereocenters. The number of rotatable bonds is 5. The fourth-order valence-electron chi connectivity index (χ4n) is 2.48. The molecule has 1 aliphatic rings. The van der Waals surface area contributed by atoms with Crippen molar-refractivity contribution in [2.24, 2.45) is 0 Å². The molecule has 0 N–H and O–H groups in total. The molecule has 0 radical (unpaired) electrons. The fraction of sp³-hybridized carbons (Fsp3) is 0.412. The summed E-state index contributed by atoms with van der Waals surface area (Å²) >= 11 is 0. The number of anilines is 1. The maximum absolute atomic E-state index is 12.4. The molecule has 25 heavy (non-hydrogen) atoms. The van der Waals surface area contributed by atoms with E-state index in [1.807, 2.05) is 25.1 Å². The molecular weight excluding hydrogens is 322 g/mol. The van der Waals surface area contributed by atoms with Crippen molar-refractivity contribution in [1.82, 2.24) is 19.9 Å². The highest BCUT2D eigenvalue weighted by molar-refractivity contribution is 5.77. The van der Waals surface area contributed by atoms with Gasteiger partial charge in [0.2, 0.25) is 5.95 Å². The van der Waals surface area contributed by atoms with Gasteiger partial charge < -0.3 is 19.3 Å². The van der Waals surface area contributed by atoms with Gasteiger partial charge in [0.15, 0.2) is 6.61 Å². The third-order valence-corrected chi connectivity index (χ3v) is 3.81. The second-order valence-electron chi connectivity index (χ2n) is 5.85. The van der Waals surface area contributed by atoms with Crippen molar-refractivity contribution < 1.29 is 14.3 Å². The van der Waals surface area contributed by atoms with Gasteiger partial charge in [-0.1, -0.05) is 0 Å². The average Bonchev–Trinajstić information content (AvgIpc) is 2.67. The van der Waals surface area contributed by atoms with Crippen LogP contribution < -0.4 is 9.64 Å². The van der Waals surface area contributed by atoms with Crippen LogP contribution in [0.3, 0.4) is 0 Å². The molecule has 3 rings (SSSR count). The molecule has 0 spiro atoms. The topological polar surface area (TPSA) is 80.7 Å². The highest BCUT2D eigenvalue weighted by Crippen LogP contribution is 2.21. The van der Waals surface area contributed by atoms with Crippen LogP contribution in [0.2, 0.25) is 0 Å². The highest BCUT2D eigenvalue weighted by Gasteiger charge is 2.27. The van der Waals surface area contributed by atoms with Crippen molar-refractivity contribution in [3.8, 4) is 5.75 Å². The van der Waals surface area contributed by atoms with Crippen LogP contribution in [0.25, 0.3) is 0 Å². The van der Waals surface area contributed by atoms with Crippen LogP contribution in [0.4, 0.5) is 5.95 Å². The second kappa shape index (κ2) is 7.89. The van der Waals surface area contributed by atoms with E-state index in [0.29, 0.717) is 31.4 Å². The van der Waals surface area contributed by atoms with Gasteiger partial charge in [0, 0.05) is 33.0 Å². The number of amides is 1. The lowest BCUT2D eigenvalue weighted by atomic mass is 10.2. The first-order valence-corrected chi connectivity index (χ1v) is 8.06. The first kappa shape index (κ1) is 17.1. The second-order valence-corrected chi connectivity index (χ2v) is 5.85. The van der Waals surface area contributed by atoms with Crippen molar-refractivity contribution in [2.75, 3.05) is 45.3 Å². The van der Waals surface area contributed by atoms with Crippen molar-refractivity contribution in [3.63, 3.8) is 0 Å². The van der Waals surface area contributed by atoms with Crippen molar-refractivity contribution in [1.29, 1.82) is 0 Å². The molecule has 1 aliphatic heterocycles. The van der Waals surface area contributed by atoms with E-state index in [9.17, 15) is 4.79 Å². The van der Waals surface area contributed by atoms with Crippen LogP contribution in [0.5, 0.6) is 5.75 Å². The van der Waals surface area contributed by atoms with Crippen molar-refractivity contribution in [2.45, 2.75) is 6.10 Å². The number of carbonyl (C=O) groups excluding carboxylic acids is 1. The smallest absolute Gasteiger partial charge is 0.260 e. The summed E-state index contributed by atoms with van der Waals surface area (Å²) in [6.45, 7) is 1.42. The molecule has 1 atom stereocenters. The summed E-state index contributed by atoms with van der Waals surface area (Å²) in [5.74, 6) is 1.11. The molecule has 2 aromatic rings. The summed E-state index contributed by atoms with van der Waals surface area (Å²) in [5.41, 5.74) is 0.768. The van der Waals surface area contributed by atoms with Crippen LogP contribution in [0, 0.1) is 0 Å². The van der Waals surface area contributed by atoms with E-state index in [1.54, 1.807) is 35.6 Å². The van der Waals surface area contributed by atoms with Gasteiger partial charge >= 0.3 is 0 Å². The number of morpholine rings is 1. The summed E-state index contributed by atoms with van der Waals surface area (Å²) in [7, 11) is 3.76. The van der Waals surface area contributed by atoms with Gasteiger partial charge in [-0.3, -0.25) is 9.78 Å². The molecule has 132 valence electrons. The summed E-state index contributed by atoms with van der Waals surface area (Å²) in [6.07, 6.45) is 4.68. The Balaban J connectivity index is 1.60. The summed E-state index contributed by atoms with van der Waals surface area (Å²) in [6, 6.07) is 5.35. The average molecular weight is 343 g/mol. The van der Waals surface area contributed by atoms with Crippen molar-refractivity contribution >= 4 is 11.9 Å². The molecule has 1 saturated heterocycles.